The summed E-state index contributed by atoms with van der Waals surface area (Å²) < 4.78 is 0. The highest BCUT2D eigenvalue weighted by Crippen LogP contribution is 2.27. The van der Waals surface area contributed by atoms with Gasteiger partial charge in [-0.1, -0.05) is 19.9 Å². The highest BCUT2D eigenvalue weighted by molar-refractivity contribution is 5.48. The highest BCUT2D eigenvalue weighted by Gasteiger charge is 2.32. The molecule has 1 aliphatic heterocycles. The molecule has 1 aromatic heterocycles. The second kappa shape index (κ2) is 6.55. The lowest BCUT2D eigenvalue weighted by Gasteiger charge is -2.24. The molecule has 0 aliphatic carbocycles. The first-order chi connectivity index (χ1) is 9.52. The summed E-state index contributed by atoms with van der Waals surface area (Å²) in [6.07, 6.45) is 3.81. The van der Waals surface area contributed by atoms with Crippen molar-refractivity contribution < 1.29 is 0 Å². The third-order valence-electron chi connectivity index (χ3n) is 4.41. The molecule has 4 heteroatoms. The molecule has 1 saturated heterocycles. The molecule has 0 amide bonds. The van der Waals surface area contributed by atoms with Crippen molar-refractivity contribution in [2.24, 2.45) is 11.7 Å². The predicted octanol–water partition coefficient (Wildman–Crippen LogP) is 1.75. The summed E-state index contributed by atoms with van der Waals surface area (Å²) in [6.45, 7) is 6.60. The van der Waals surface area contributed by atoms with Gasteiger partial charge in [0.05, 0.1) is 0 Å². The summed E-state index contributed by atoms with van der Waals surface area (Å²) >= 11 is 0. The minimum absolute atomic E-state index is 0.225. The Kier molecular flexibility index (Phi) is 5.00. The number of likely N-dealkylation sites (N-methyl/N-ethyl adjacent to an activating group) is 1. The molecule has 112 valence electrons. The third-order valence-corrected chi connectivity index (χ3v) is 4.41. The molecule has 1 aromatic rings. The zero-order valence-corrected chi connectivity index (χ0v) is 13.2. The molecular weight excluding hydrogens is 248 g/mol. The fourth-order valence-corrected chi connectivity index (χ4v) is 3.10. The molecule has 1 fully saturated rings. The van der Waals surface area contributed by atoms with Gasteiger partial charge in [0.1, 0.15) is 5.82 Å². The number of hydrogen-bond donors (Lipinski definition) is 1. The van der Waals surface area contributed by atoms with Crippen molar-refractivity contribution in [2.45, 2.75) is 38.8 Å². The normalized spacial score (nSPS) is 24.4. The van der Waals surface area contributed by atoms with E-state index in [0.29, 0.717) is 12.0 Å². The Morgan fingerprint density at radius 2 is 2.20 bits per heavy atom. The lowest BCUT2D eigenvalue weighted by molar-refractivity contribution is 0.266. The molecular formula is C16H28N4. The van der Waals surface area contributed by atoms with E-state index in [1.54, 1.807) is 0 Å². The van der Waals surface area contributed by atoms with Crippen LogP contribution in [0.4, 0.5) is 5.82 Å². The minimum atomic E-state index is 0.225. The van der Waals surface area contributed by atoms with Crippen LogP contribution in [0.3, 0.4) is 0 Å². The molecule has 0 radical (unpaired) electrons. The second-order valence-electron chi connectivity index (χ2n) is 6.27. The molecule has 3 atom stereocenters. The number of pyridine rings is 1. The quantitative estimate of drug-likeness (QED) is 0.890. The molecule has 0 aromatic carbocycles. The SMILES string of the molecule is CCC(N)Cc1cccnc1N1CC(C)C(N(C)C)C1. The van der Waals surface area contributed by atoms with E-state index in [9.17, 15) is 0 Å². The summed E-state index contributed by atoms with van der Waals surface area (Å²) in [6, 6.07) is 5.02. The van der Waals surface area contributed by atoms with Crippen molar-refractivity contribution in [1.82, 2.24) is 9.88 Å². The van der Waals surface area contributed by atoms with Crippen molar-refractivity contribution in [2.75, 3.05) is 32.1 Å². The van der Waals surface area contributed by atoms with Crippen LogP contribution in [0.1, 0.15) is 25.8 Å². The monoisotopic (exact) mass is 276 g/mol. The summed E-state index contributed by atoms with van der Waals surface area (Å²) in [5.74, 6) is 1.80. The zero-order valence-electron chi connectivity index (χ0n) is 13.2. The first-order valence-corrected chi connectivity index (χ1v) is 7.63. The largest absolute Gasteiger partial charge is 0.354 e. The number of hydrogen-bond acceptors (Lipinski definition) is 4. The molecule has 2 heterocycles. The first kappa shape index (κ1) is 15.3. The van der Waals surface area contributed by atoms with Crippen molar-refractivity contribution in [3.05, 3.63) is 23.9 Å². The second-order valence-corrected chi connectivity index (χ2v) is 6.27. The van der Waals surface area contributed by atoms with Crippen molar-refractivity contribution >= 4 is 5.82 Å². The van der Waals surface area contributed by atoms with Gasteiger partial charge in [0.2, 0.25) is 0 Å². The van der Waals surface area contributed by atoms with Crippen LogP contribution in [-0.4, -0.2) is 49.2 Å². The van der Waals surface area contributed by atoms with E-state index in [1.807, 2.05) is 12.3 Å². The fourth-order valence-electron chi connectivity index (χ4n) is 3.10. The van der Waals surface area contributed by atoms with Gasteiger partial charge in [0, 0.05) is 31.4 Å². The first-order valence-electron chi connectivity index (χ1n) is 7.63. The molecule has 1 aliphatic rings. The van der Waals surface area contributed by atoms with Crippen LogP contribution in [-0.2, 0) is 6.42 Å². The lowest BCUT2D eigenvalue weighted by Crippen LogP contribution is -2.34. The molecule has 3 unspecified atom stereocenters. The molecule has 0 saturated carbocycles. The standard InChI is InChI=1S/C16H28N4/c1-5-14(17)9-13-7-6-8-18-16(13)20-10-12(2)15(11-20)19(3)4/h6-8,12,14-15H,5,9-11,17H2,1-4H3. The Bertz CT molecular complexity index is 432. The van der Waals surface area contributed by atoms with E-state index in [2.05, 4.69) is 48.8 Å². The minimum Gasteiger partial charge on any atom is -0.354 e. The number of rotatable bonds is 5. The molecule has 4 nitrogen and oxygen atoms in total. The van der Waals surface area contributed by atoms with Crippen LogP contribution >= 0.6 is 0 Å². The Morgan fingerprint density at radius 3 is 2.80 bits per heavy atom. The number of nitrogens with zero attached hydrogens (tertiary/aromatic N) is 3. The van der Waals surface area contributed by atoms with E-state index in [4.69, 9.17) is 5.73 Å². The number of nitrogens with two attached hydrogens (primary N) is 1. The van der Waals surface area contributed by atoms with Gasteiger partial charge in [-0.2, -0.15) is 0 Å². The smallest absolute Gasteiger partial charge is 0.131 e. The van der Waals surface area contributed by atoms with Crippen molar-refractivity contribution in [3.63, 3.8) is 0 Å². The lowest BCUT2D eigenvalue weighted by atomic mass is 10.1. The van der Waals surface area contributed by atoms with Crippen LogP contribution < -0.4 is 10.6 Å². The maximum atomic E-state index is 6.12. The van der Waals surface area contributed by atoms with Gasteiger partial charge in [-0.15, -0.1) is 0 Å². The maximum Gasteiger partial charge on any atom is 0.131 e. The average Bonchev–Trinajstić information content (AvgIpc) is 2.81. The highest BCUT2D eigenvalue weighted by atomic mass is 15.3. The number of anilines is 1. The summed E-state index contributed by atoms with van der Waals surface area (Å²) in [5.41, 5.74) is 7.41. The van der Waals surface area contributed by atoms with E-state index in [1.165, 1.54) is 5.56 Å². The van der Waals surface area contributed by atoms with Crippen LogP contribution in [0.25, 0.3) is 0 Å². The molecule has 2 N–H and O–H groups in total. The van der Waals surface area contributed by atoms with Crippen molar-refractivity contribution in [3.8, 4) is 0 Å². The van der Waals surface area contributed by atoms with Crippen LogP contribution in [0, 0.1) is 5.92 Å². The van der Waals surface area contributed by atoms with Gasteiger partial charge in [-0.05, 0) is 44.5 Å². The van der Waals surface area contributed by atoms with Gasteiger partial charge in [0.15, 0.2) is 0 Å². The van der Waals surface area contributed by atoms with E-state index in [0.717, 1.165) is 31.7 Å². The average molecular weight is 276 g/mol. The third kappa shape index (κ3) is 3.30. The molecule has 0 spiro atoms. The molecule has 0 bridgehead atoms. The Hall–Kier alpha value is -1.13. The zero-order chi connectivity index (χ0) is 14.7. The van der Waals surface area contributed by atoms with Gasteiger partial charge >= 0.3 is 0 Å². The van der Waals surface area contributed by atoms with Crippen LogP contribution in [0.2, 0.25) is 0 Å². The van der Waals surface area contributed by atoms with Gasteiger partial charge in [0.25, 0.3) is 0 Å². The van der Waals surface area contributed by atoms with E-state index >= 15 is 0 Å². The Morgan fingerprint density at radius 1 is 1.45 bits per heavy atom. The Labute approximate surface area is 123 Å². The van der Waals surface area contributed by atoms with Gasteiger partial charge in [-0.3, -0.25) is 0 Å². The maximum absolute atomic E-state index is 6.12. The summed E-state index contributed by atoms with van der Waals surface area (Å²) in [5, 5.41) is 0. The van der Waals surface area contributed by atoms with Crippen molar-refractivity contribution in [1.29, 1.82) is 0 Å². The predicted molar refractivity (Wildman–Crippen MR) is 85.1 cm³/mol. The number of aromatic nitrogens is 1. The van der Waals surface area contributed by atoms with Crippen LogP contribution in [0.5, 0.6) is 0 Å². The molecule has 20 heavy (non-hydrogen) atoms. The van der Waals surface area contributed by atoms with E-state index < -0.39 is 0 Å². The fraction of sp³-hybridized carbons (Fsp3) is 0.688. The van der Waals surface area contributed by atoms with Gasteiger partial charge < -0.3 is 15.5 Å². The van der Waals surface area contributed by atoms with Crippen LogP contribution in [0.15, 0.2) is 18.3 Å². The Balaban J connectivity index is 2.17. The molecule has 2 rings (SSSR count). The van der Waals surface area contributed by atoms with Gasteiger partial charge in [-0.25, -0.2) is 4.98 Å². The van der Waals surface area contributed by atoms with E-state index in [-0.39, 0.29) is 6.04 Å². The summed E-state index contributed by atoms with van der Waals surface area (Å²) in [7, 11) is 4.33. The summed E-state index contributed by atoms with van der Waals surface area (Å²) in [4.78, 5) is 9.38. The topological polar surface area (TPSA) is 45.4 Å².